The Hall–Kier alpha value is -1.79. The summed E-state index contributed by atoms with van der Waals surface area (Å²) in [4.78, 5) is 0. The van der Waals surface area contributed by atoms with Gasteiger partial charge in [-0.15, -0.1) is 15.3 Å². The summed E-state index contributed by atoms with van der Waals surface area (Å²) >= 11 is 0. The van der Waals surface area contributed by atoms with Gasteiger partial charge in [0, 0.05) is 5.54 Å². The van der Waals surface area contributed by atoms with Crippen LogP contribution in [0.1, 0.15) is 53.3 Å². The van der Waals surface area contributed by atoms with Gasteiger partial charge in [-0.25, -0.2) is 8.78 Å². The molecule has 7 heteroatoms. The molecule has 0 unspecified atom stereocenters. The number of nitrogens with zero attached hydrogens (tertiary/aromatic N) is 4. The Bertz CT molecular complexity index is 628. The number of nitrogens with one attached hydrogen (secondary N) is 1. The molecule has 0 bridgehead atoms. The SMILES string of the molecule is CC(C)(C)CC(C)(C)Nc1ccc2nnc(C(F)F)n2n1. The van der Waals surface area contributed by atoms with E-state index in [0.29, 0.717) is 11.5 Å². The molecule has 0 aliphatic heterocycles. The third kappa shape index (κ3) is 3.86. The molecular formula is C14H21F2N5. The normalized spacial score (nSPS) is 13.1. The van der Waals surface area contributed by atoms with Gasteiger partial charge in [-0.1, -0.05) is 20.8 Å². The number of rotatable bonds is 4. The van der Waals surface area contributed by atoms with Gasteiger partial charge in [-0.3, -0.25) is 0 Å². The van der Waals surface area contributed by atoms with Crippen LogP contribution in [0.5, 0.6) is 0 Å². The summed E-state index contributed by atoms with van der Waals surface area (Å²) in [5, 5.41) is 14.6. The molecule has 0 fully saturated rings. The van der Waals surface area contributed by atoms with Crippen molar-refractivity contribution in [3.8, 4) is 0 Å². The Labute approximate surface area is 122 Å². The third-order valence-electron chi connectivity index (χ3n) is 2.92. The molecule has 5 nitrogen and oxygen atoms in total. The Balaban J connectivity index is 2.28. The second-order valence-electron chi connectivity index (χ2n) is 7.09. The fourth-order valence-electron chi connectivity index (χ4n) is 2.72. The van der Waals surface area contributed by atoms with Crippen LogP contribution in [0.3, 0.4) is 0 Å². The van der Waals surface area contributed by atoms with E-state index in [-0.39, 0.29) is 11.0 Å². The summed E-state index contributed by atoms with van der Waals surface area (Å²) in [6.07, 6.45) is -1.80. The maximum atomic E-state index is 12.8. The second-order valence-corrected chi connectivity index (χ2v) is 7.09. The highest BCUT2D eigenvalue weighted by atomic mass is 19.3. The average Bonchev–Trinajstić information content (AvgIpc) is 2.67. The van der Waals surface area contributed by atoms with E-state index in [4.69, 9.17) is 0 Å². The van der Waals surface area contributed by atoms with Crippen LogP contribution < -0.4 is 5.32 Å². The summed E-state index contributed by atoms with van der Waals surface area (Å²) < 4.78 is 26.8. The number of hydrogen-bond acceptors (Lipinski definition) is 4. The highest BCUT2D eigenvalue weighted by molar-refractivity contribution is 5.45. The van der Waals surface area contributed by atoms with Crippen molar-refractivity contribution in [1.29, 1.82) is 0 Å². The van der Waals surface area contributed by atoms with Crippen LogP contribution in [0.2, 0.25) is 0 Å². The van der Waals surface area contributed by atoms with Gasteiger partial charge in [0.2, 0.25) is 5.82 Å². The Morgan fingerprint density at radius 2 is 1.81 bits per heavy atom. The fourth-order valence-corrected chi connectivity index (χ4v) is 2.72. The van der Waals surface area contributed by atoms with Crippen LogP contribution in [-0.2, 0) is 0 Å². The molecule has 0 radical (unpaired) electrons. The number of aromatic nitrogens is 4. The Morgan fingerprint density at radius 3 is 2.38 bits per heavy atom. The van der Waals surface area contributed by atoms with Gasteiger partial charge in [-0.2, -0.15) is 4.52 Å². The average molecular weight is 297 g/mol. The zero-order valence-corrected chi connectivity index (χ0v) is 13.0. The Kier molecular flexibility index (Phi) is 3.86. The van der Waals surface area contributed by atoms with E-state index in [9.17, 15) is 8.78 Å². The molecule has 2 rings (SSSR count). The summed E-state index contributed by atoms with van der Waals surface area (Å²) in [5.41, 5.74) is 0.243. The molecule has 2 aromatic rings. The lowest BCUT2D eigenvalue weighted by molar-refractivity contribution is 0.137. The number of fused-ring (bicyclic) bond motifs is 1. The molecule has 0 atom stereocenters. The zero-order valence-electron chi connectivity index (χ0n) is 13.0. The van der Waals surface area contributed by atoms with Crippen LogP contribution in [0, 0.1) is 5.41 Å². The molecule has 0 amide bonds. The van der Waals surface area contributed by atoms with Gasteiger partial charge < -0.3 is 5.32 Å². The van der Waals surface area contributed by atoms with Crippen molar-refractivity contribution in [2.24, 2.45) is 5.41 Å². The molecule has 2 heterocycles. The van der Waals surface area contributed by atoms with Crippen molar-refractivity contribution in [2.75, 3.05) is 5.32 Å². The first-order valence-electron chi connectivity index (χ1n) is 6.86. The van der Waals surface area contributed by atoms with E-state index >= 15 is 0 Å². The van der Waals surface area contributed by atoms with Crippen molar-refractivity contribution in [3.63, 3.8) is 0 Å². The predicted octanol–water partition coefficient (Wildman–Crippen LogP) is 3.69. The highest BCUT2D eigenvalue weighted by Crippen LogP contribution is 2.29. The fraction of sp³-hybridized carbons (Fsp3) is 0.643. The monoisotopic (exact) mass is 297 g/mol. The molecule has 2 aromatic heterocycles. The quantitative estimate of drug-likeness (QED) is 0.935. The van der Waals surface area contributed by atoms with E-state index in [0.717, 1.165) is 10.9 Å². The molecule has 0 saturated carbocycles. The van der Waals surface area contributed by atoms with E-state index in [1.54, 1.807) is 12.1 Å². The van der Waals surface area contributed by atoms with Gasteiger partial charge >= 0.3 is 0 Å². The molecule has 0 aliphatic rings. The lowest BCUT2D eigenvalue weighted by Gasteiger charge is -2.33. The van der Waals surface area contributed by atoms with Crippen molar-refractivity contribution >= 4 is 11.5 Å². The maximum Gasteiger partial charge on any atom is 0.299 e. The van der Waals surface area contributed by atoms with Gasteiger partial charge in [0.05, 0.1) is 0 Å². The zero-order chi connectivity index (χ0) is 15.8. The first-order valence-corrected chi connectivity index (χ1v) is 6.86. The highest BCUT2D eigenvalue weighted by Gasteiger charge is 2.26. The molecular weight excluding hydrogens is 276 g/mol. The standard InChI is InChI=1S/C14H21F2N5/c1-13(2,3)8-14(4,5)17-9-6-7-10-18-19-12(11(15)16)21(10)20-9/h6-7,11H,8H2,1-5H3,(H,17,20). The van der Waals surface area contributed by atoms with E-state index in [1.807, 2.05) is 0 Å². The minimum atomic E-state index is -2.70. The first-order chi connectivity index (χ1) is 9.57. The van der Waals surface area contributed by atoms with Crippen LogP contribution in [0.15, 0.2) is 12.1 Å². The van der Waals surface area contributed by atoms with Crippen molar-refractivity contribution in [3.05, 3.63) is 18.0 Å². The largest absolute Gasteiger partial charge is 0.364 e. The number of hydrogen-bond donors (Lipinski definition) is 1. The van der Waals surface area contributed by atoms with E-state index in [2.05, 4.69) is 55.2 Å². The minimum Gasteiger partial charge on any atom is -0.364 e. The van der Waals surface area contributed by atoms with Gasteiger partial charge in [0.25, 0.3) is 6.43 Å². The summed E-state index contributed by atoms with van der Waals surface area (Å²) in [5.74, 6) is 0.0840. The van der Waals surface area contributed by atoms with Gasteiger partial charge in [-0.05, 0) is 37.8 Å². The van der Waals surface area contributed by atoms with Gasteiger partial charge in [0.1, 0.15) is 5.82 Å². The predicted molar refractivity (Wildman–Crippen MR) is 77.5 cm³/mol. The molecule has 116 valence electrons. The number of halogens is 2. The maximum absolute atomic E-state index is 12.8. The summed E-state index contributed by atoms with van der Waals surface area (Å²) in [6, 6.07) is 3.35. The van der Waals surface area contributed by atoms with Crippen molar-refractivity contribution in [1.82, 2.24) is 19.8 Å². The molecule has 1 N–H and O–H groups in total. The molecule has 0 saturated heterocycles. The van der Waals surface area contributed by atoms with Crippen LogP contribution in [-0.4, -0.2) is 25.4 Å². The summed E-state index contributed by atoms with van der Waals surface area (Å²) in [6.45, 7) is 10.6. The van der Waals surface area contributed by atoms with E-state index in [1.165, 1.54) is 0 Å². The van der Waals surface area contributed by atoms with Crippen LogP contribution >= 0.6 is 0 Å². The number of alkyl halides is 2. The lowest BCUT2D eigenvalue weighted by atomic mass is 9.82. The first kappa shape index (κ1) is 15.6. The van der Waals surface area contributed by atoms with Crippen LogP contribution in [0.4, 0.5) is 14.6 Å². The molecule has 0 aromatic carbocycles. The minimum absolute atomic E-state index is 0.144. The van der Waals surface area contributed by atoms with Crippen molar-refractivity contribution in [2.45, 2.75) is 53.0 Å². The van der Waals surface area contributed by atoms with E-state index < -0.39 is 12.2 Å². The van der Waals surface area contributed by atoms with Gasteiger partial charge in [0.15, 0.2) is 5.65 Å². The Morgan fingerprint density at radius 1 is 1.14 bits per heavy atom. The third-order valence-corrected chi connectivity index (χ3v) is 2.92. The molecule has 21 heavy (non-hydrogen) atoms. The van der Waals surface area contributed by atoms with Crippen LogP contribution in [0.25, 0.3) is 5.65 Å². The smallest absolute Gasteiger partial charge is 0.299 e. The lowest BCUT2D eigenvalue weighted by Crippen LogP contribution is -2.35. The second kappa shape index (κ2) is 5.20. The van der Waals surface area contributed by atoms with Crippen molar-refractivity contribution < 1.29 is 8.78 Å². The number of anilines is 1. The molecule has 0 aliphatic carbocycles. The molecule has 0 spiro atoms. The summed E-state index contributed by atoms with van der Waals surface area (Å²) in [7, 11) is 0. The topological polar surface area (TPSA) is 55.1 Å².